The van der Waals surface area contributed by atoms with Crippen LogP contribution in [-0.4, -0.2) is 97.5 Å². The van der Waals surface area contributed by atoms with E-state index in [4.69, 9.17) is 53.2 Å². The van der Waals surface area contributed by atoms with E-state index in [1.165, 1.54) is 10.9 Å². The van der Waals surface area contributed by atoms with Gasteiger partial charge in [-0.1, -0.05) is 0 Å². The van der Waals surface area contributed by atoms with Crippen LogP contribution < -0.4 is 22.7 Å². The van der Waals surface area contributed by atoms with Gasteiger partial charge in [-0.3, -0.25) is 28.0 Å². The Bertz CT molecular complexity index is 1570. The highest BCUT2D eigenvalue weighted by Crippen LogP contribution is 2.50. The van der Waals surface area contributed by atoms with E-state index >= 15 is 0 Å². The summed E-state index contributed by atoms with van der Waals surface area (Å²) in [5.41, 5.74) is 9.49. The minimum absolute atomic E-state index is 0.0337. The number of hydrogen-bond donors (Lipinski definition) is 6. The second-order valence-corrected chi connectivity index (χ2v) is 11.1. The molecule has 218 valence electrons. The average molecular weight is 626 g/mol. The maximum Gasteiger partial charge on any atom is 0.472 e. The molecule has 8 N–H and O–H groups in total. The van der Waals surface area contributed by atoms with Crippen LogP contribution in [0.3, 0.4) is 0 Å². The first-order valence-corrected chi connectivity index (χ1v) is 13.7. The highest BCUT2D eigenvalue weighted by atomic mass is 35.5. The van der Waals surface area contributed by atoms with E-state index in [2.05, 4.69) is 24.9 Å². The van der Waals surface area contributed by atoms with E-state index in [-0.39, 0.29) is 23.1 Å². The fourth-order valence-electron chi connectivity index (χ4n) is 4.27. The average Bonchev–Trinajstić information content (AvgIpc) is 3.53. The van der Waals surface area contributed by atoms with Crippen molar-refractivity contribution in [2.24, 2.45) is 0 Å². The van der Waals surface area contributed by atoms with Gasteiger partial charge in [0.1, 0.15) is 41.5 Å². The molecule has 22 heteroatoms. The Morgan fingerprint density at radius 1 is 1.07 bits per heavy atom. The highest BCUT2D eigenvalue weighted by molar-refractivity contribution is 7.47. The number of nitrogens with two attached hydrogens (primary N) is 2. The molecule has 40 heavy (non-hydrogen) atoms. The van der Waals surface area contributed by atoms with Gasteiger partial charge in [0.05, 0.1) is 19.5 Å². The SMILES string of the molecule is Nc1ncn([C@@H]2O[C@H](CO)[C@H](OP(=O)(O)OC[C@H]3O[C@@H](n4cnc5c(=O)[nH]c(N)nc54)[C@@H](Cl)[C@H]3O)[C@@H]2Cl)c(=O)n1. The van der Waals surface area contributed by atoms with Crippen molar-refractivity contribution in [1.82, 2.24) is 34.1 Å². The summed E-state index contributed by atoms with van der Waals surface area (Å²) in [4.78, 5) is 52.0. The molecule has 0 aliphatic carbocycles. The first-order chi connectivity index (χ1) is 18.9. The van der Waals surface area contributed by atoms with Crippen molar-refractivity contribution < 1.29 is 38.2 Å². The summed E-state index contributed by atoms with van der Waals surface area (Å²) in [7, 11) is -4.94. The molecule has 0 aromatic carbocycles. The van der Waals surface area contributed by atoms with Crippen LogP contribution in [0.2, 0.25) is 0 Å². The minimum atomic E-state index is -4.94. The Morgan fingerprint density at radius 2 is 1.75 bits per heavy atom. The number of nitrogens with one attached hydrogen (secondary N) is 1. The van der Waals surface area contributed by atoms with Gasteiger partial charge in [-0.25, -0.2) is 19.3 Å². The third-order valence-corrected chi connectivity index (χ3v) is 8.06. The van der Waals surface area contributed by atoms with Crippen LogP contribution in [0.1, 0.15) is 12.5 Å². The molecule has 0 saturated carbocycles. The molecule has 0 bridgehead atoms. The number of alkyl halides is 2. The van der Waals surface area contributed by atoms with Crippen LogP contribution in [0, 0.1) is 0 Å². The number of aromatic nitrogens is 7. The van der Waals surface area contributed by atoms with Crippen molar-refractivity contribution in [3.63, 3.8) is 0 Å². The van der Waals surface area contributed by atoms with Crippen LogP contribution in [0.15, 0.2) is 22.2 Å². The van der Waals surface area contributed by atoms with Crippen molar-refractivity contribution in [1.29, 1.82) is 0 Å². The summed E-state index contributed by atoms with van der Waals surface area (Å²) in [6.07, 6.45) is -5.51. The number of ether oxygens (including phenoxy) is 2. The lowest BCUT2D eigenvalue weighted by Crippen LogP contribution is -2.35. The Morgan fingerprint density at radius 3 is 2.45 bits per heavy atom. The maximum atomic E-state index is 12.8. The Hall–Kier alpha value is -2.71. The third kappa shape index (κ3) is 5.32. The number of aliphatic hydroxyl groups is 2. The molecular formula is C18H22Cl2N9O10P. The highest BCUT2D eigenvalue weighted by Gasteiger charge is 2.50. The van der Waals surface area contributed by atoms with Crippen LogP contribution in [0.5, 0.6) is 0 Å². The largest absolute Gasteiger partial charge is 0.472 e. The molecule has 0 spiro atoms. The van der Waals surface area contributed by atoms with E-state index in [0.717, 1.165) is 10.9 Å². The number of anilines is 2. The number of imidazole rings is 1. The third-order valence-electron chi connectivity index (χ3n) is 6.14. The zero-order valence-corrected chi connectivity index (χ0v) is 22.3. The number of nitrogen functional groups attached to an aromatic ring is 2. The second-order valence-electron chi connectivity index (χ2n) is 8.71. The number of nitrogens with zero attached hydrogens (tertiary/aromatic N) is 6. The topological polar surface area (TPSA) is 278 Å². The monoisotopic (exact) mass is 625 g/mol. The molecule has 9 atom stereocenters. The molecule has 2 saturated heterocycles. The van der Waals surface area contributed by atoms with E-state index in [1.54, 1.807) is 0 Å². The van der Waals surface area contributed by atoms with Gasteiger partial charge in [0.2, 0.25) is 11.9 Å². The molecule has 19 nitrogen and oxygen atoms in total. The summed E-state index contributed by atoms with van der Waals surface area (Å²) >= 11 is 12.7. The van der Waals surface area contributed by atoms with Crippen molar-refractivity contribution >= 4 is 54.1 Å². The number of H-pyrrole nitrogens is 1. The number of hydrogen-bond acceptors (Lipinski definition) is 15. The van der Waals surface area contributed by atoms with Crippen molar-refractivity contribution in [3.8, 4) is 0 Å². The lowest BCUT2D eigenvalue weighted by molar-refractivity contribution is -0.0565. The minimum Gasteiger partial charge on any atom is -0.394 e. The number of rotatable bonds is 8. The standard InChI is InChI=1S/C18H22Cl2N9O10P/c19-7-10(31)6(38-14(7)28-3-23-9-12(28)25-17(22)26-13(9)32)2-36-40(34,35)39-11-5(1-30)37-15(8(11)20)29-4-24-16(21)27-18(29)33/h3-8,10-11,14-15,30-31H,1-2H2,(H,34,35)(H2,21,27,33)(H3,22,25,26,32)/t5-,6-,7+,8+,10+,11+,14-,15-/m1/s1. The predicted octanol–water partition coefficient (Wildman–Crippen LogP) is -2.20. The summed E-state index contributed by atoms with van der Waals surface area (Å²) < 4.78 is 36.4. The fourth-order valence-corrected chi connectivity index (χ4v) is 6.05. The Balaban J connectivity index is 1.27. The number of phosphoric ester groups is 1. The molecule has 3 aromatic heterocycles. The summed E-state index contributed by atoms with van der Waals surface area (Å²) in [5.74, 6) is -0.481. The number of aromatic amines is 1. The molecule has 1 unspecified atom stereocenters. The van der Waals surface area contributed by atoms with Crippen molar-refractivity contribution in [3.05, 3.63) is 33.5 Å². The van der Waals surface area contributed by atoms with Gasteiger partial charge >= 0.3 is 13.5 Å². The Kier molecular flexibility index (Phi) is 7.87. The van der Waals surface area contributed by atoms with Gasteiger partial charge in [-0.05, 0) is 0 Å². The molecule has 5 heterocycles. The normalized spacial score (nSPS) is 32.0. The molecule has 3 aromatic rings. The van der Waals surface area contributed by atoms with Gasteiger partial charge in [0.15, 0.2) is 23.6 Å². The molecule has 0 radical (unpaired) electrons. The first-order valence-electron chi connectivity index (χ1n) is 11.4. The summed E-state index contributed by atoms with van der Waals surface area (Å²) in [6, 6.07) is 0. The molecule has 2 aliphatic heterocycles. The first kappa shape index (κ1) is 28.8. The van der Waals surface area contributed by atoms with Gasteiger partial charge < -0.3 is 36.0 Å². The van der Waals surface area contributed by atoms with Crippen LogP contribution in [-0.2, 0) is 23.1 Å². The van der Waals surface area contributed by atoms with E-state index in [1.807, 2.05) is 0 Å². The maximum absolute atomic E-state index is 12.8. The summed E-state index contributed by atoms with van der Waals surface area (Å²) in [6.45, 7) is -1.38. The fraction of sp³-hybridized carbons (Fsp3) is 0.556. The lowest BCUT2D eigenvalue weighted by Gasteiger charge is -2.23. The van der Waals surface area contributed by atoms with E-state index in [9.17, 15) is 29.3 Å². The smallest absolute Gasteiger partial charge is 0.394 e. The molecule has 5 rings (SSSR count). The van der Waals surface area contributed by atoms with Crippen molar-refractivity contribution in [2.45, 2.75) is 47.6 Å². The van der Waals surface area contributed by atoms with Crippen LogP contribution in [0.4, 0.5) is 11.9 Å². The number of phosphoric acid groups is 1. The Labute approximate surface area is 232 Å². The van der Waals surface area contributed by atoms with Crippen molar-refractivity contribution in [2.75, 3.05) is 24.7 Å². The van der Waals surface area contributed by atoms with Gasteiger partial charge in [-0.2, -0.15) is 9.97 Å². The van der Waals surface area contributed by atoms with Gasteiger partial charge in [0.25, 0.3) is 5.56 Å². The molecule has 2 aliphatic rings. The van der Waals surface area contributed by atoms with E-state index < -0.39 is 79.9 Å². The lowest BCUT2D eigenvalue weighted by atomic mass is 10.2. The predicted molar refractivity (Wildman–Crippen MR) is 134 cm³/mol. The van der Waals surface area contributed by atoms with E-state index in [0.29, 0.717) is 0 Å². The summed E-state index contributed by atoms with van der Waals surface area (Å²) in [5, 5.41) is 17.9. The number of aliphatic hydroxyl groups excluding tert-OH is 2. The molecular weight excluding hydrogens is 604 g/mol. The number of fused-ring (bicyclic) bond motifs is 1. The van der Waals surface area contributed by atoms with Crippen LogP contribution in [0.25, 0.3) is 11.2 Å². The quantitative estimate of drug-likeness (QED) is 0.114. The number of halogens is 2. The van der Waals surface area contributed by atoms with Crippen LogP contribution >= 0.6 is 31.0 Å². The second kappa shape index (κ2) is 10.9. The zero-order valence-electron chi connectivity index (χ0n) is 19.9. The zero-order chi connectivity index (χ0) is 28.9. The molecule has 2 fully saturated rings. The van der Waals surface area contributed by atoms with Gasteiger partial charge in [0, 0.05) is 0 Å². The van der Waals surface area contributed by atoms with Gasteiger partial charge in [-0.15, -0.1) is 23.2 Å². The molecule has 0 amide bonds.